The predicted octanol–water partition coefficient (Wildman–Crippen LogP) is 0.526. The first-order valence-electron chi connectivity index (χ1n) is 12.9. The number of rotatable bonds is 3. The molecule has 2 unspecified atom stereocenters. The number of aryl methyl sites for hydroxylation is 1. The summed E-state index contributed by atoms with van der Waals surface area (Å²) in [7, 11) is 1.65. The summed E-state index contributed by atoms with van der Waals surface area (Å²) >= 11 is 0. The molecule has 0 aliphatic carbocycles. The van der Waals surface area contributed by atoms with Crippen molar-refractivity contribution in [3.8, 4) is 0 Å². The minimum atomic E-state index is -0.931. The summed E-state index contributed by atoms with van der Waals surface area (Å²) in [6.45, 7) is 1.75. The number of carbonyl (C=O) groups is 8. The van der Waals surface area contributed by atoms with Crippen LogP contribution in [-0.4, -0.2) is 76.2 Å². The van der Waals surface area contributed by atoms with Crippen LogP contribution < -0.4 is 16.0 Å². The molecule has 0 bridgehead atoms. The van der Waals surface area contributed by atoms with Crippen molar-refractivity contribution in [3.05, 3.63) is 64.2 Å². The van der Waals surface area contributed by atoms with E-state index in [0.29, 0.717) is 22.4 Å². The zero-order valence-electron chi connectivity index (χ0n) is 22.1. The Balaban J connectivity index is 0.000000165. The molecule has 13 nitrogen and oxygen atoms in total. The van der Waals surface area contributed by atoms with Crippen LogP contribution in [0.5, 0.6) is 0 Å². The van der Waals surface area contributed by atoms with Crippen LogP contribution in [0.25, 0.3) is 0 Å². The molecule has 210 valence electrons. The Morgan fingerprint density at radius 3 is 1.59 bits per heavy atom. The smallest absolute Gasteiger partial charge is 0.264 e. The summed E-state index contributed by atoms with van der Waals surface area (Å²) in [5.74, 6) is -3.89. The molecule has 0 saturated carbocycles. The minimum absolute atomic E-state index is 0.114. The average Bonchev–Trinajstić information content (AvgIpc) is 3.34. The maximum atomic E-state index is 12.5. The number of piperidine rings is 2. The summed E-state index contributed by atoms with van der Waals surface area (Å²) in [5, 5.41) is 7.19. The Bertz CT molecular complexity index is 1580. The van der Waals surface area contributed by atoms with Gasteiger partial charge in [0.15, 0.2) is 0 Å². The molecule has 8 amide bonds. The molecule has 0 radical (unpaired) electrons. The van der Waals surface area contributed by atoms with Gasteiger partial charge >= 0.3 is 0 Å². The van der Waals surface area contributed by atoms with Crippen molar-refractivity contribution in [3.63, 3.8) is 0 Å². The molecular formula is C28H25N5O8. The summed E-state index contributed by atoms with van der Waals surface area (Å²) < 4.78 is 0. The Hall–Kier alpha value is -5.20. The third-order valence-corrected chi connectivity index (χ3v) is 7.41. The number of amides is 8. The molecule has 2 saturated heterocycles. The largest absolute Gasteiger partial charge is 0.387 e. The third kappa shape index (κ3) is 4.54. The van der Waals surface area contributed by atoms with Crippen LogP contribution in [0, 0.1) is 6.92 Å². The molecule has 0 aromatic heterocycles. The second-order valence-corrected chi connectivity index (χ2v) is 9.87. The molecule has 3 N–H and O–H groups in total. The van der Waals surface area contributed by atoms with Gasteiger partial charge in [-0.05, 0) is 43.5 Å². The number of nitrogens with zero attached hydrogens (tertiary/aromatic N) is 2. The second-order valence-electron chi connectivity index (χ2n) is 9.87. The molecule has 2 fully saturated rings. The number of anilines is 1. The van der Waals surface area contributed by atoms with Crippen LogP contribution in [-0.2, 0) is 19.2 Å². The van der Waals surface area contributed by atoms with Crippen LogP contribution in [0.3, 0.4) is 0 Å². The Morgan fingerprint density at radius 2 is 1.12 bits per heavy atom. The van der Waals surface area contributed by atoms with E-state index in [1.807, 2.05) is 0 Å². The van der Waals surface area contributed by atoms with Crippen LogP contribution in [0.4, 0.5) is 5.69 Å². The molecule has 4 heterocycles. The molecule has 2 aromatic carbocycles. The number of imide groups is 4. The van der Waals surface area contributed by atoms with Crippen molar-refractivity contribution in [2.24, 2.45) is 0 Å². The molecule has 4 aliphatic rings. The lowest BCUT2D eigenvalue weighted by molar-refractivity contribution is -0.137. The van der Waals surface area contributed by atoms with E-state index in [1.165, 1.54) is 0 Å². The van der Waals surface area contributed by atoms with E-state index in [4.69, 9.17) is 0 Å². The van der Waals surface area contributed by atoms with Crippen molar-refractivity contribution in [2.75, 3.05) is 12.4 Å². The van der Waals surface area contributed by atoms with E-state index in [0.717, 1.165) is 9.80 Å². The maximum Gasteiger partial charge on any atom is 0.264 e. The van der Waals surface area contributed by atoms with Crippen molar-refractivity contribution in [1.29, 1.82) is 0 Å². The summed E-state index contributed by atoms with van der Waals surface area (Å²) in [6.07, 6.45) is 0.575. The van der Waals surface area contributed by atoms with Gasteiger partial charge < -0.3 is 5.32 Å². The zero-order chi connectivity index (χ0) is 29.6. The molecule has 41 heavy (non-hydrogen) atoms. The van der Waals surface area contributed by atoms with E-state index in [1.54, 1.807) is 50.4 Å². The zero-order valence-corrected chi connectivity index (χ0v) is 22.1. The van der Waals surface area contributed by atoms with Gasteiger partial charge in [0.2, 0.25) is 23.6 Å². The van der Waals surface area contributed by atoms with Crippen molar-refractivity contribution < 1.29 is 38.4 Å². The first-order chi connectivity index (χ1) is 19.5. The van der Waals surface area contributed by atoms with E-state index in [-0.39, 0.29) is 48.6 Å². The van der Waals surface area contributed by atoms with E-state index < -0.39 is 47.5 Å². The topological polar surface area (TPSA) is 179 Å². The lowest BCUT2D eigenvalue weighted by atomic mass is 10.0. The molecule has 2 aromatic rings. The summed E-state index contributed by atoms with van der Waals surface area (Å²) in [4.78, 5) is 97.6. The fourth-order valence-corrected chi connectivity index (χ4v) is 5.41. The van der Waals surface area contributed by atoms with Gasteiger partial charge in [0.25, 0.3) is 23.6 Å². The number of hydrogen-bond donors (Lipinski definition) is 3. The molecular weight excluding hydrogens is 534 g/mol. The van der Waals surface area contributed by atoms with Crippen LogP contribution in [0.15, 0.2) is 36.4 Å². The normalized spacial score (nSPS) is 21.7. The first-order valence-corrected chi connectivity index (χ1v) is 12.9. The fourth-order valence-electron chi connectivity index (χ4n) is 5.41. The van der Waals surface area contributed by atoms with E-state index in [9.17, 15) is 38.4 Å². The Labute approximate surface area is 233 Å². The number of hydrogen-bond acceptors (Lipinski definition) is 9. The number of fused-ring (bicyclic) bond motifs is 2. The van der Waals surface area contributed by atoms with Gasteiger partial charge in [0.1, 0.15) is 12.1 Å². The lowest BCUT2D eigenvalue weighted by Crippen LogP contribution is -2.54. The minimum Gasteiger partial charge on any atom is -0.387 e. The van der Waals surface area contributed by atoms with E-state index in [2.05, 4.69) is 16.0 Å². The standard InChI is InChI=1S/C14H13N3O4.C14H12N2O4/c1-15-8-4-2-3-7-11(8)14(21)17(13(7)20)9-5-6-10(18)16-12(9)19;1-7-3-2-4-8-11(7)14(20)16(13(8)19)9-5-6-10(17)15-12(9)18/h2-4,9,15H,5-6H2,1H3,(H,16,18,19);2-4,9H,5-6H2,1H3,(H,15,17,18). The molecule has 13 heteroatoms. The van der Waals surface area contributed by atoms with Gasteiger partial charge in [-0.1, -0.05) is 18.2 Å². The molecule has 4 aliphatic heterocycles. The highest BCUT2D eigenvalue weighted by Crippen LogP contribution is 2.32. The predicted molar refractivity (Wildman–Crippen MR) is 141 cm³/mol. The first kappa shape index (κ1) is 27.4. The molecule has 6 rings (SSSR count). The Morgan fingerprint density at radius 1 is 0.659 bits per heavy atom. The van der Waals surface area contributed by atoms with Gasteiger partial charge in [-0.15, -0.1) is 0 Å². The molecule has 0 spiro atoms. The second kappa shape index (κ2) is 10.4. The van der Waals surface area contributed by atoms with Crippen molar-refractivity contribution in [2.45, 2.75) is 44.7 Å². The van der Waals surface area contributed by atoms with Crippen LogP contribution in [0.1, 0.15) is 72.7 Å². The quantitative estimate of drug-likeness (QED) is 0.452. The highest BCUT2D eigenvalue weighted by atomic mass is 16.2. The lowest BCUT2D eigenvalue weighted by Gasteiger charge is -2.27. The number of benzene rings is 2. The van der Waals surface area contributed by atoms with Gasteiger partial charge in [-0.25, -0.2) is 0 Å². The van der Waals surface area contributed by atoms with Crippen molar-refractivity contribution >= 4 is 52.9 Å². The summed E-state index contributed by atoms with van der Waals surface area (Å²) in [6, 6.07) is 8.11. The molecule has 2 atom stereocenters. The monoisotopic (exact) mass is 559 g/mol. The SMILES string of the molecule is CNc1cccc2c1C(=O)N(C1CCC(=O)NC1=O)C2=O.Cc1cccc2c1C(=O)N(C1CCC(=O)NC1=O)C2=O. The highest BCUT2D eigenvalue weighted by molar-refractivity contribution is 6.26. The van der Waals surface area contributed by atoms with Gasteiger partial charge in [-0.3, -0.25) is 58.8 Å². The van der Waals surface area contributed by atoms with Gasteiger partial charge in [0.05, 0.1) is 22.3 Å². The fraction of sp³-hybridized carbons (Fsp3) is 0.286. The van der Waals surface area contributed by atoms with E-state index >= 15 is 0 Å². The van der Waals surface area contributed by atoms with Crippen LogP contribution >= 0.6 is 0 Å². The maximum absolute atomic E-state index is 12.5. The number of nitrogens with one attached hydrogen (secondary N) is 3. The highest BCUT2D eigenvalue weighted by Gasteiger charge is 2.46. The van der Waals surface area contributed by atoms with Crippen molar-refractivity contribution in [1.82, 2.24) is 20.4 Å². The summed E-state index contributed by atoms with van der Waals surface area (Å²) in [5.41, 5.74) is 2.46. The third-order valence-electron chi connectivity index (χ3n) is 7.41. The average molecular weight is 560 g/mol. The van der Waals surface area contributed by atoms with Gasteiger partial charge in [-0.2, -0.15) is 0 Å². The number of carbonyl (C=O) groups excluding carboxylic acids is 8. The van der Waals surface area contributed by atoms with Crippen LogP contribution in [0.2, 0.25) is 0 Å². The van der Waals surface area contributed by atoms with Gasteiger partial charge in [0, 0.05) is 25.6 Å². The Kier molecular flexibility index (Phi) is 6.95.